The maximum Gasteiger partial charge on any atom is 0.253 e. The largest absolute Gasteiger partial charge is 0.353 e. The molecule has 7 heteroatoms. The number of nitrogens with zero attached hydrogens (tertiary/aromatic N) is 4. The van der Waals surface area contributed by atoms with Gasteiger partial charge in [0, 0.05) is 53.1 Å². The molecule has 0 unspecified atom stereocenters. The minimum Gasteiger partial charge on any atom is -0.353 e. The summed E-state index contributed by atoms with van der Waals surface area (Å²) in [4.78, 5) is 26.3. The van der Waals surface area contributed by atoms with E-state index in [-0.39, 0.29) is 5.91 Å². The predicted molar refractivity (Wildman–Crippen MR) is 125 cm³/mol. The molecular weight excluding hydrogens is 477 g/mol. The van der Waals surface area contributed by atoms with Gasteiger partial charge in [0.25, 0.3) is 5.91 Å². The second-order valence-corrected chi connectivity index (χ2v) is 9.20. The van der Waals surface area contributed by atoms with Crippen molar-refractivity contribution in [2.24, 2.45) is 0 Å². The molecule has 0 spiro atoms. The zero-order valence-electron chi connectivity index (χ0n) is 16.9. The summed E-state index contributed by atoms with van der Waals surface area (Å²) in [6.07, 6.45) is 6.31. The Morgan fingerprint density at radius 2 is 1.72 bits per heavy atom. The van der Waals surface area contributed by atoms with Gasteiger partial charge in [0.1, 0.15) is 5.82 Å². The van der Waals surface area contributed by atoms with Crippen LogP contribution in [0.3, 0.4) is 0 Å². The monoisotopic (exact) mass is 505 g/mol. The van der Waals surface area contributed by atoms with Gasteiger partial charge in [-0.3, -0.25) is 4.79 Å². The van der Waals surface area contributed by atoms with Gasteiger partial charge < -0.3 is 15.1 Å². The number of benzene rings is 1. The smallest absolute Gasteiger partial charge is 0.253 e. The lowest BCUT2D eigenvalue weighted by Crippen LogP contribution is -2.49. The van der Waals surface area contributed by atoms with Gasteiger partial charge in [-0.1, -0.05) is 19.3 Å². The lowest BCUT2D eigenvalue weighted by Gasteiger charge is -2.35. The molecule has 6 nitrogen and oxygen atoms in total. The highest BCUT2D eigenvalue weighted by atomic mass is 127. The molecule has 0 radical (unpaired) electrons. The van der Waals surface area contributed by atoms with Crippen molar-refractivity contribution in [1.29, 1.82) is 0 Å². The molecule has 2 aromatic rings. The van der Waals surface area contributed by atoms with E-state index in [0.29, 0.717) is 19.1 Å². The average Bonchev–Trinajstić information content (AvgIpc) is 2.74. The number of carbonyl (C=O) groups excluding carboxylic acids is 1. The molecular formula is C22H28IN5O. The van der Waals surface area contributed by atoms with Crippen LogP contribution in [0.1, 0.15) is 48.2 Å². The molecule has 29 heavy (non-hydrogen) atoms. The third-order valence-electron chi connectivity index (χ3n) is 5.76. The first-order valence-electron chi connectivity index (χ1n) is 10.5. The fourth-order valence-corrected chi connectivity index (χ4v) is 4.48. The summed E-state index contributed by atoms with van der Waals surface area (Å²) in [5, 5.41) is 3.54. The third kappa shape index (κ3) is 5.18. The van der Waals surface area contributed by atoms with Crippen molar-refractivity contribution in [2.75, 3.05) is 36.4 Å². The summed E-state index contributed by atoms with van der Waals surface area (Å²) < 4.78 is 1.14. The molecule has 2 aliphatic rings. The van der Waals surface area contributed by atoms with Crippen molar-refractivity contribution >= 4 is 40.3 Å². The number of amides is 1. The molecule has 154 valence electrons. The molecule has 1 aliphatic heterocycles. The van der Waals surface area contributed by atoms with Gasteiger partial charge in [-0.05, 0) is 66.6 Å². The highest BCUT2D eigenvalue weighted by Crippen LogP contribution is 2.23. The molecule has 2 fully saturated rings. The fraction of sp³-hybridized carbons (Fsp3) is 0.500. The number of carbonyl (C=O) groups is 1. The van der Waals surface area contributed by atoms with Gasteiger partial charge in [-0.15, -0.1) is 0 Å². The SMILES string of the molecule is Cc1cc(N2CCN(C(=O)c3ccc(I)cc3)CC2)nc(NC2CCCCC2)n1. The van der Waals surface area contributed by atoms with E-state index in [1.807, 2.05) is 42.2 Å². The van der Waals surface area contributed by atoms with E-state index in [1.165, 1.54) is 32.1 Å². The first kappa shape index (κ1) is 20.4. The van der Waals surface area contributed by atoms with Gasteiger partial charge in [0.15, 0.2) is 0 Å². The van der Waals surface area contributed by atoms with Gasteiger partial charge in [0.2, 0.25) is 5.95 Å². The molecule has 1 aliphatic carbocycles. The van der Waals surface area contributed by atoms with Crippen molar-refractivity contribution in [1.82, 2.24) is 14.9 Å². The quantitative estimate of drug-likeness (QED) is 0.635. The highest BCUT2D eigenvalue weighted by molar-refractivity contribution is 14.1. The minimum atomic E-state index is 0.111. The van der Waals surface area contributed by atoms with E-state index in [4.69, 9.17) is 4.98 Å². The number of piperazine rings is 1. The lowest BCUT2D eigenvalue weighted by molar-refractivity contribution is 0.0746. The van der Waals surface area contributed by atoms with E-state index in [2.05, 4.69) is 37.8 Å². The number of nitrogens with one attached hydrogen (secondary N) is 1. The first-order chi connectivity index (χ1) is 14.1. The molecule has 0 atom stereocenters. The minimum absolute atomic E-state index is 0.111. The van der Waals surface area contributed by atoms with Crippen LogP contribution in [0, 0.1) is 10.5 Å². The van der Waals surface area contributed by atoms with Crippen molar-refractivity contribution in [3.05, 3.63) is 45.2 Å². The Morgan fingerprint density at radius 3 is 2.41 bits per heavy atom. The van der Waals surface area contributed by atoms with E-state index in [0.717, 1.165) is 39.7 Å². The van der Waals surface area contributed by atoms with E-state index in [9.17, 15) is 4.79 Å². The summed E-state index contributed by atoms with van der Waals surface area (Å²) in [7, 11) is 0. The molecule has 1 aromatic heterocycles. The fourth-order valence-electron chi connectivity index (χ4n) is 4.12. The summed E-state index contributed by atoms with van der Waals surface area (Å²) in [6.45, 7) is 5.01. The number of anilines is 2. The van der Waals surface area contributed by atoms with Gasteiger partial charge >= 0.3 is 0 Å². The number of hydrogen-bond acceptors (Lipinski definition) is 5. The zero-order valence-corrected chi connectivity index (χ0v) is 19.1. The predicted octanol–water partition coefficient (Wildman–Crippen LogP) is 4.10. The molecule has 1 saturated heterocycles. The Morgan fingerprint density at radius 1 is 1.03 bits per heavy atom. The molecule has 1 N–H and O–H groups in total. The van der Waals surface area contributed by atoms with Crippen molar-refractivity contribution < 1.29 is 4.79 Å². The Balaban J connectivity index is 1.38. The Bertz CT molecular complexity index is 843. The molecule has 1 saturated carbocycles. The van der Waals surface area contributed by atoms with Crippen LogP contribution >= 0.6 is 22.6 Å². The zero-order chi connectivity index (χ0) is 20.2. The van der Waals surface area contributed by atoms with Gasteiger partial charge in [-0.25, -0.2) is 4.98 Å². The van der Waals surface area contributed by atoms with Crippen LogP contribution < -0.4 is 10.2 Å². The molecule has 1 amide bonds. The second-order valence-electron chi connectivity index (χ2n) is 7.96. The topological polar surface area (TPSA) is 61.4 Å². The number of aromatic nitrogens is 2. The Hall–Kier alpha value is -1.90. The van der Waals surface area contributed by atoms with Crippen LogP contribution in [0.25, 0.3) is 0 Å². The van der Waals surface area contributed by atoms with Crippen LogP contribution in [-0.4, -0.2) is 53.0 Å². The summed E-state index contributed by atoms with van der Waals surface area (Å²) in [5.74, 6) is 1.81. The number of rotatable bonds is 4. The van der Waals surface area contributed by atoms with E-state index >= 15 is 0 Å². The normalized spacial score (nSPS) is 18.0. The maximum atomic E-state index is 12.8. The molecule has 0 bridgehead atoms. The summed E-state index contributed by atoms with van der Waals surface area (Å²) in [6, 6.07) is 10.3. The second kappa shape index (κ2) is 9.28. The number of halogens is 1. The van der Waals surface area contributed by atoms with Crippen molar-refractivity contribution in [3.63, 3.8) is 0 Å². The summed E-state index contributed by atoms with van der Waals surface area (Å²) >= 11 is 2.26. The average molecular weight is 505 g/mol. The van der Waals surface area contributed by atoms with Gasteiger partial charge in [0.05, 0.1) is 0 Å². The Kier molecular flexibility index (Phi) is 6.52. The van der Waals surface area contributed by atoms with Crippen LogP contribution in [0.2, 0.25) is 0 Å². The van der Waals surface area contributed by atoms with Crippen molar-refractivity contribution in [2.45, 2.75) is 45.1 Å². The Labute approximate surface area is 186 Å². The standard InChI is InChI=1S/C22H28IN5O/c1-16-15-20(26-22(24-16)25-19-5-3-2-4-6-19)27-11-13-28(14-12-27)21(29)17-7-9-18(23)10-8-17/h7-10,15,19H,2-6,11-14H2,1H3,(H,24,25,26). The highest BCUT2D eigenvalue weighted by Gasteiger charge is 2.24. The summed E-state index contributed by atoms with van der Waals surface area (Å²) in [5.41, 5.74) is 1.74. The lowest BCUT2D eigenvalue weighted by atomic mass is 9.96. The maximum absolute atomic E-state index is 12.8. The third-order valence-corrected chi connectivity index (χ3v) is 6.48. The van der Waals surface area contributed by atoms with Crippen molar-refractivity contribution in [3.8, 4) is 0 Å². The van der Waals surface area contributed by atoms with E-state index < -0.39 is 0 Å². The van der Waals surface area contributed by atoms with Crippen LogP contribution in [-0.2, 0) is 0 Å². The van der Waals surface area contributed by atoms with Gasteiger partial charge in [-0.2, -0.15) is 4.98 Å². The number of aryl methyl sites for hydroxylation is 1. The molecule has 1 aromatic carbocycles. The first-order valence-corrected chi connectivity index (χ1v) is 11.6. The van der Waals surface area contributed by atoms with Crippen LogP contribution in [0.4, 0.5) is 11.8 Å². The number of hydrogen-bond donors (Lipinski definition) is 1. The van der Waals surface area contributed by atoms with Crippen LogP contribution in [0.15, 0.2) is 30.3 Å². The van der Waals surface area contributed by atoms with Crippen LogP contribution in [0.5, 0.6) is 0 Å². The molecule has 2 heterocycles. The molecule has 4 rings (SSSR count). The van der Waals surface area contributed by atoms with E-state index in [1.54, 1.807) is 0 Å².